The molecule has 1 aromatic rings. The molecule has 0 radical (unpaired) electrons. The van der Waals surface area contributed by atoms with E-state index in [2.05, 4.69) is 27.8 Å². The Morgan fingerprint density at radius 2 is 2.33 bits per heavy atom. The normalized spacial score (nSPS) is 24.8. The Kier molecular flexibility index (Phi) is 4.58. The second-order valence-corrected chi connectivity index (χ2v) is 6.37. The van der Waals surface area contributed by atoms with Crippen LogP contribution in [0.1, 0.15) is 67.2 Å². The number of carbonyl (C=O) groups is 1. The highest BCUT2D eigenvalue weighted by Gasteiger charge is 2.30. The van der Waals surface area contributed by atoms with Crippen molar-refractivity contribution in [1.82, 2.24) is 20.8 Å². The SMILES string of the molecule is CCCCC1CCCC1NC(=O)c1n[nH]c2c1CNCC2. The fourth-order valence-corrected chi connectivity index (χ4v) is 3.69. The molecule has 1 aliphatic carbocycles. The van der Waals surface area contributed by atoms with E-state index in [1.807, 2.05) is 0 Å². The van der Waals surface area contributed by atoms with Crippen LogP contribution in [0.3, 0.4) is 0 Å². The summed E-state index contributed by atoms with van der Waals surface area (Å²) in [4.78, 5) is 12.5. The van der Waals surface area contributed by atoms with Gasteiger partial charge in [-0.25, -0.2) is 0 Å². The van der Waals surface area contributed by atoms with Gasteiger partial charge in [0.15, 0.2) is 5.69 Å². The van der Waals surface area contributed by atoms with Gasteiger partial charge in [0.1, 0.15) is 0 Å². The average molecular weight is 290 g/mol. The zero-order valence-corrected chi connectivity index (χ0v) is 12.9. The summed E-state index contributed by atoms with van der Waals surface area (Å²) in [5, 5.41) is 13.8. The number of carbonyl (C=O) groups excluding carboxylic acids is 1. The van der Waals surface area contributed by atoms with Crippen molar-refractivity contribution >= 4 is 5.91 Å². The van der Waals surface area contributed by atoms with E-state index in [0.29, 0.717) is 17.7 Å². The number of H-pyrrole nitrogens is 1. The molecule has 2 heterocycles. The van der Waals surface area contributed by atoms with Crippen LogP contribution in [0.25, 0.3) is 0 Å². The quantitative estimate of drug-likeness (QED) is 0.778. The Bertz CT molecular complexity index is 496. The van der Waals surface area contributed by atoms with Gasteiger partial charge < -0.3 is 10.6 Å². The summed E-state index contributed by atoms with van der Waals surface area (Å²) in [6.45, 7) is 3.93. The molecule has 1 fully saturated rings. The number of aromatic amines is 1. The molecule has 0 bridgehead atoms. The maximum atomic E-state index is 12.5. The van der Waals surface area contributed by atoms with Gasteiger partial charge in [0.25, 0.3) is 5.91 Å². The second-order valence-electron chi connectivity index (χ2n) is 6.37. The molecular weight excluding hydrogens is 264 g/mol. The topological polar surface area (TPSA) is 69.8 Å². The maximum absolute atomic E-state index is 12.5. The molecule has 2 aliphatic rings. The molecule has 1 aliphatic heterocycles. The molecule has 5 heteroatoms. The highest BCUT2D eigenvalue weighted by atomic mass is 16.2. The van der Waals surface area contributed by atoms with Gasteiger partial charge in [0.05, 0.1) is 0 Å². The number of nitrogens with one attached hydrogen (secondary N) is 3. The molecule has 0 saturated heterocycles. The van der Waals surface area contributed by atoms with Gasteiger partial charge in [-0.2, -0.15) is 5.10 Å². The number of fused-ring (bicyclic) bond motifs is 1. The largest absolute Gasteiger partial charge is 0.348 e. The number of hydrogen-bond donors (Lipinski definition) is 3. The van der Waals surface area contributed by atoms with Gasteiger partial charge in [0, 0.05) is 36.8 Å². The third kappa shape index (κ3) is 3.12. The van der Waals surface area contributed by atoms with Crippen LogP contribution in [0.2, 0.25) is 0 Å². The summed E-state index contributed by atoms with van der Waals surface area (Å²) in [6.07, 6.45) is 8.27. The Morgan fingerprint density at radius 1 is 1.43 bits per heavy atom. The van der Waals surface area contributed by atoms with Gasteiger partial charge in [0.2, 0.25) is 0 Å². The molecule has 0 spiro atoms. The van der Waals surface area contributed by atoms with E-state index in [0.717, 1.165) is 37.2 Å². The van der Waals surface area contributed by atoms with Crippen LogP contribution in [-0.4, -0.2) is 28.7 Å². The lowest BCUT2D eigenvalue weighted by molar-refractivity contribution is 0.0920. The lowest BCUT2D eigenvalue weighted by atomic mass is 9.96. The summed E-state index contributed by atoms with van der Waals surface area (Å²) in [6, 6.07) is 0.341. The fraction of sp³-hybridized carbons (Fsp3) is 0.750. The molecule has 3 rings (SSSR count). The van der Waals surface area contributed by atoms with Crippen molar-refractivity contribution < 1.29 is 4.79 Å². The molecule has 1 amide bonds. The van der Waals surface area contributed by atoms with Crippen LogP contribution in [-0.2, 0) is 13.0 Å². The van der Waals surface area contributed by atoms with E-state index < -0.39 is 0 Å². The van der Waals surface area contributed by atoms with Crippen LogP contribution in [0.15, 0.2) is 0 Å². The number of aromatic nitrogens is 2. The van der Waals surface area contributed by atoms with E-state index in [1.54, 1.807) is 0 Å². The van der Waals surface area contributed by atoms with E-state index in [4.69, 9.17) is 0 Å². The average Bonchev–Trinajstić information content (AvgIpc) is 3.11. The minimum absolute atomic E-state index is 0.00426. The number of hydrogen-bond acceptors (Lipinski definition) is 3. The highest BCUT2D eigenvalue weighted by Crippen LogP contribution is 2.30. The van der Waals surface area contributed by atoms with Gasteiger partial charge in [-0.05, 0) is 25.2 Å². The van der Waals surface area contributed by atoms with Gasteiger partial charge in [-0.15, -0.1) is 0 Å². The van der Waals surface area contributed by atoms with Crippen molar-refractivity contribution in [1.29, 1.82) is 0 Å². The lowest BCUT2D eigenvalue weighted by Crippen LogP contribution is -2.38. The molecule has 116 valence electrons. The zero-order chi connectivity index (χ0) is 14.7. The molecule has 1 saturated carbocycles. The Hall–Kier alpha value is -1.36. The Labute approximate surface area is 126 Å². The first-order chi connectivity index (χ1) is 10.3. The van der Waals surface area contributed by atoms with E-state index in [-0.39, 0.29) is 5.91 Å². The summed E-state index contributed by atoms with van der Waals surface area (Å²) in [7, 11) is 0. The van der Waals surface area contributed by atoms with Crippen molar-refractivity contribution in [3.8, 4) is 0 Å². The van der Waals surface area contributed by atoms with Crippen molar-refractivity contribution in [3.63, 3.8) is 0 Å². The first-order valence-electron chi connectivity index (χ1n) is 8.37. The third-order valence-electron chi connectivity index (χ3n) is 4.93. The summed E-state index contributed by atoms with van der Waals surface area (Å²) in [5.74, 6) is 0.659. The van der Waals surface area contributed by atoms with E-state index >= 15 is 0 Å². The van der Waals surface area contributed by atoms with Gasteiger partial charge in [-0.3, -0.25) is 9.89 Å². The molecule has 2 atom stereocenters. The zero-order valence-electron chi connectivity index (χ0n) is 12.9. The molecular formula is C16H26N4O. The van der Waals surface area contributed by atoms with Crippen LogP contribution in [0.5, 0.6) is 0 Å². The predicted molar refractivity (Wildman–Crippen MR) is 82.1 cm³/mol. The Balaban J connectivity index is 1.64. The van der Waals surface area contributed by atoms with E-state index in [1.165, 1.54) is 32.1 Å². The first-order valence-corrected chi connectivity index (χ1v) is 8.37. The van der Waals surface area contributed by atoms with Crippen molar-refractivity contribution in [2.24, 2.45) is 5.92 Å². The Morgan fingerprint density at radius 3 is 3.19 bits per heavy atom. The lowest BCUT2D eigenvalue weighted by Gasteiger charge is -2.21. The first kappa shape index (κ1) is 14.6. The summed E-state index contributed by atoms with van der Waals surface area (Å²) in [5.41, 5.74) is 2.77. The molecule has 1 aromatic heterocycles. The molecule has 21 heavy (non-hydrogen) atoms. The fourth-order valence-electron chi connectivity index (χ4n) is 3.69. The smallest absolute Gasteiger partial charge is 0.272 e. The molecule has 5 nitrogen and oxygen atoms in total. The maximum Gasteiger partial charge on any atom is 0.272 e. The highest BCUT2D eigenvalue weighted by molar-refractivity contribution is 5.94. The molecule has 2 unspecified atom stereocenters. The second kappa shape index (κ2) is 6.60. The number of unbranched alkanes of at least 4 members (excludes halogenated alkanes) is 1. The number of amides is 1. The third-order valence-corrected chi connectivity index (χ3v) is 4.93. The van der Waals surface area contributed by atoms with Crippen LogP contribution in [0, 0.1) is 5.92 Å². The monoisotopic (exact) mass is 290 g/mol. The van der Waals surface area contributed by atoms with Crippen LogP contribution < -0.4 is 10.6 Å². The van der Waals surface area contributed by atoms with Crippen LogP contribution >= 0.6 is 0 Å². The summed E-state index contributed by atoms with van der Waals surface area (Å²) < 4.78 is 0. The van der Waals surface area contributed by atoms with Gasteiger partial charge >= 0.3 is 0 Å². The van der Waals surface area contributed by atoms with Crippen molar-refractivity contribution in [2.75, 3.05) is 6.54 Å². The van der Waals surface area contributed by atoms with Crippen molar-refractivity contribution in [2.45, 2.75) is 64.5 Å². The minimum Gasteiger partial charge on any atom is -0.348 e. The number of rotatable bonds is 5. The number of nitrogens with zero attached hydrogens (tertiary/aromatic N) is 1. The molecule has 0 aromatic carbocycles. The van der Waals surface area contributed by atoms with E-state index in [9.17, 15) is 4.79 Å². The summed E-state index contributed by atoms with van der Waals surface area (Å²) >= 11 is 0. The predicted octanol–water partition coefficient (Wildman–Crippen LogP) is 2.14. The molecule has 3 N–H and O–H groups in total. The van der Waals surface area contributed by atoms with Gasteiger partial charge in [-0.1, -0.05) is 26.2 Å². The van der Waals surface area contributed by atoms with Crippen molar-refractivity contribution in [3.05, 3.63) is 17.0 Å². The minimum atomic E-state index is 0.00426. The van der Waals surface area contributed by atoms with Crippen LogP contribution in [0.4, 0.5) is 0 Å². The standard InChI is InChI=1S/C16H26N4O/c1-2-3-5-11-6-4-7-13(11)18-16(21)15-12-10-17-9-8-14(12)19-20-15/h11,13,17H,2-10H2,1H3,(H,18,21)(H,19,20).